The van der Waals surface area contributed by atoms with E-state index >= 15 is 0 Å². The largest absolute Gasteiger partial charge is 0.291 e. The molecule has 0 bridgehead atoms. The van der Waals surface area contributed by atoms with Gasteiger partial charge in [-0.15, -0.1) is 11.3 Å². The molecule has 17 heavy (non-hydrogen) atoms. The fraction of sp³-hybridized carbons (Fsp3) is 0.250. The fourth-order valence-electron chi connectivity index (χ4n) is 1.44. The maximum Gasteiger partial charge on any atom is 0.267 e. The molecule has 2 aromatic heterocycles. The van der Waals surface area contributed by atoms with E-state index in [2.05, 4.69) is 5.10 Å². The summed E-state index contributed by atoms with van der Waals surface area (Å²) < 4.78 is 1.17. The first-order valence-corrected chi connectivity index (χ1v) is 6.16. The van der Waals surface area contributed by atoms with Gasteiger partial charge in [0.25, 0.3) is 5.56 Å². The monoisotopic (exact) mass is 248 g/mol. The number of thiophene rings is 1. The Morgan fingerprint density at radius 3 is 2.88 bits per heavy atom. The molecule has 0 aromatic carbocycles. The van der Waals surface area contributed by atoms with Crippen LogP contribution in [0.3, 0.4) is 0 Å². The Hall–Kier alpha value is -1.75. The lowest BCUT2D eigenvalue weighted by Crippen LogP contribution is -2.25. The topological polar surface area (TPSA) is 52.0 Å². The minimum absolute atomic E-state index is 0.00331. The van der Waals surface area contributed by atoms with Gasteiger partial charge in [-0.1, -0.05) is 6.92 Å². The van der Waals surface area contributed by atoms with Crippen molar-refractivity contribution >= 4 is 17.1 Å². The molecule has 0 atom stereocenters. The molecule has 0 N–H and O–H groups in total. The third-order valence-corrected chi connectivity index (χ3v) is 3.63. The molecule has 88 valence electrons. The van der Waals surface area contributed by atoms with Crippen molar-refractivity contribution in [3.8, 4) is 0 Å². The van der Waals surface area contributed by atoms with Crippen LogP contribution in [-0.2, 0) is 13.0 Å². The summed E-state index contributed by atoms with van der Waals surface area (Å²) in [6.07, 6.45) is 2.42. The Labute approximate surface area is 103 Å². The fourth-order valence-corrected chi connectivity index (χ4v) is 2.32. The summed E-state index contributed by atoms with van der Waals surface area (Å²) in [7, 11) is 0. The summed E-state index contributed by atoms with van der Waals surface area (Å²) in [6, 6.07) is 6.70. The number of hydrogen-bond donors (Lipinski definition) is 0. The summed E-state index contributed by atoms with van der Waals surface area (Å²) in [5, 5.41) is 3.86. The van der Waals surface area contributed by atoms with Gasteiger partial charge in [0.05, 0.1) is 4.88 Å². The zero-order chi connectivity index (χ0) is 12.3. The SMILES string of the molecule is CCc1ccc(C(=O)Cn2ncccc2=O)s1. The van der Waals surface area contributed by atoms with Gasteiger partial charge in [-0.25, -0.2) is 4.68 Å². The number of nitrogens with zero attached hydrogens (tertiary/aromatic N) is 2. The molecule has 0 amide bonds. The van der Waals surface area contributed by atoms with Gasteiger partial charge < -0.3 is 0 Å². The van der Waals surface area contributed by atoms with Crippen molar-refractivity contribution in [2.75, 3.05) is 0 Å². The van der Waals surface area contributed by atoms with Gasteiger partial charge in [-0.05, 0) is 24.6 Å². The lowest BCUT2D eigenvalue weighted by molar-refractivity contribution is 0.0969. The van der Waals surface area contributed by atoms with Gasteiger partial charge in [0, 0.05) is 17.1 Å². The van der Waals surface area contributed by atoms with E-state index < -0.39 is 0 Å². The molecule has 0 fully saturated rings. The zero-order valence-electron chi connectivity index (χ0n) is 9.42. The Kier molecular flexibility index (Phi) is 3.49. The summed E-state index contributed by atoms with van der Waals surface area (Å²) in [4.78, 5) is 25.2. The van der Waals surface area contributed by atoms with Crippen LogP contribution in [0.1, 0.15) is 21.5 Å². The third kappa shape index (κ3) is 2.68. The van der Waals surface area contributed by atoms with Gasteiger partial charge in [0.1, 0.15) is 6.54 Å². The molecule has 0 saturated carbocycles. The highest BCUT2D eigenvalue weighted by molar-refractivity contribution is 7.14. The first-order chi connectivity index (χ1) is 8.20. The number of hydrogen-bond acceptors (Lipinski definition) is 4. The average Bonchev–Trinajstić information content (AvgIpc) is 2.81. The molecule has 4 nitrogen and oxygen atoms in total. The lowest BCUT2D eigenvalue weighted by Gasteiger charge is -2.00. The average molecular weight is 248 g/mol. The van der Waals surface area contributed by atoms with Gasteiger partial charge >= 0.3 is 0 Å². The van der Waals surface area contributed by atoms with Crippen LogP contribution in [0.2, 0.25) is 0 Å². The number of aromatic nitrogens is 2. The highest BCUT2D eigenvalue weighted by Gasteiger charge is 2.10. The number of ketones is 1. The van der Waals surface area contributed by atoms with Crippen LogP contribution >= 0.6 is 11.3 Å². The van der Waals surface area contributed by atoms with Gasteiger partial charge in [0.2, 0.25) is 0 Å². The smallest absolute Gasteiger partial charge is 0.267 e. The van der Waals surface area contributed by atoms with Crippen molar-refractivity contribution in [3.63, 3.8) is 0 Å². The van der Waals surface area contributed by atoms with Gasteiger partial charge in [-0.3, -0.25) is 9.59 Å². The van der Waals surface area contributed by atoms with Gasteiger partial charge in [0.15, 0.2) is 5.78 Å². The predicted octanol–water partition coefficient (Wildman–Crippen LogP) is 1.75. The number of rotatable bonds is 4. The molecule has 0 aliphatic carbocycles. The van der Waals surface area contributed by atoms with E-state index in [1.165, 1.54) is 33.2 Å². The number of aryl methyl sites for hydroxylation is 1. The third-order valence-electron chi connectivity index (χ3n) is 2.36. The molecule has 0 unspecified atom stereocenters. The van der Waals surface area contributed by atoms with E-state index in [1.54, 1.807) is 12.1 Å². The zero-order valence-corrected chi connectivity index (χ0v) is 10.2. The first kappa shape index (κ1) is 11.7. The van der Waals surface area contributed by atoms with Crippen LogP contribution in [0.25, 0.3) is 0 Å². The van der Waals surface area contributed by atoms with Crippen LogP contribution in [0.15, 0.2) is 35.3 Å². The molecule has 0 aliphatic heterocycles. The molecule has 0 saturated heterocycles. The lowest BCUT2D eigenvalue weighted by atomic mass is 10.3. The highest BCUT2D eigenvalue weighted by Crippen LogP contribution is 2.17. The minimum atomic E-state index is -0.256. The second-order valence-electron chi connectivity index (χ2n) is 3.56. The second kappa shape index (κ2) is 5.05. The molecule has 0 radical (unpaired) electrons. The van der Waals surface area contributed by atoms with Crippen molar-refractivity contribution in [1.82, 2.24) is 9.78 Å². The summed E-state index contributed by atoms with van der Waals surface area (Å²) in [5.74, 6) is -0.0736. The van der Waals surface area contributed by atoms with E-state index in [1.807, 2.05) is 13.0 Å². The maximum absolute atomic E-state index is 11.9. The van der Waals surface area contributed by atoms with Crippen LogP contribution < -0.4 is 5.56 Å². The van der Waals surface area contributed by atoms with E-state index in [-0.39, 0.29) is 17.9 Å². The quantitative estimate of drug-likeness (QED) is 0.775. The molecule has 2 rings (SSSR count). The molecular weight excluding hydrogens is 236 g/mol. The Morgan fingerprint density at radius 1 is 1.41 bits per heavy atom. The Morgan fingerprint density at radius 2 is 2.24 bits per heavy atom. The minimum Gasteiger partial charge on any atom is -0.291 e. The van der Waals surface area contributed by atoms with Crippen molar-refractivity contribution in [2.24, 2.45) is 0 Å². The van der Waals surface area contributed by atoms with Crippen LogP contribution in [0.5, 0.6) is 0 Å². The summed E-state index contributed by atoms with van der Waals surface area (Å²) in [5.41, 5.74) is -0.256. The number of carbonyl (C=O) groups excluding carboxylic acids is 1. The van der Waals surface area contributed by atoms with Crippen molar-refractivity contribution < 1.29 is 4.79 Å². The van der Waals surface area contributed by atoms with Crippen LogP contribution in [0.4, 0.5) is 0 Å². The van der Waals surface area contributed by atoms with Crippen molar-refractivity contribution in [3.05, 3.63) is 50.6 Å². The first-order valence-electron chi connectivity index (χ1n) is 5.34. The van der Waals surface area contributed by atoms with E-state index in [4.69, 9.17) is 0 Å². The second-order valence-corrected chi connectivity index (χ2v) is 4.73. The summed E-state index contributed by atoms with van der Waals surface area (Å²) >= 11 is 1.47. The molecule has 0 spiro atoms. The van der Waals surface area contributed by atoms with Crippen molar-refractivity contribution in [2.45, 2.75) is 19.9 Å². The van der Waals surface area contributed by atoms with Crippen molar-refractivity contribution in [1.29, 1.82) is 0 Å². The van der Waals surface area contributed by atoms with Gasteiger partial charge in [-0.2, -0.15) is 5.10 Å². The Bertz CT molecular complexity index is 586. The van der Waals surface area contributed by atoms with Crippen LogP contribution in [-0.4, -0.2) is 15.6 Å². The van der Waals surface area contributed by atoms with E-state index in [0.29, 0.717) is 4.88 Å². The van der Waals surface area contributed by atoms with Crippen LogP contribution in [0, 0.1) is 0 Å². The Balaban J connectivity index is 2.17. The van der Waals surface area contributed by atoms with E-state index in [9.17, 15) is 9.59 Å². The number of Topliss-reactive ketones (excluding diaryl/α,β-unsaturated/α-hetero) is 1. The number of carbonyl (C=O) groups is 1. The van der Waals surface area contributed by atoms with E-state index in [0.717, 1.165) is 6.42 Å². The predicted molar refractivity (Wildman–Crippen MR) is 66.5 cm³/mol. The highest BCUT2D eigenvalue weighted by atomic mass is 32.1. The normalized spacial score (nSPS) is 10.4. The molecule has 2 aromatic rings. The maximum atomic E-state index is 11.9. The standard InChI is InChI=1S/C12H12N2O2S/c1-2-9-5-6-11(17-9)10(15)8-14-12(16)4-3-7-13-14/h3-7H,2,8H2,1H3. The molecule has 2 heterocycles. The molecule has 0 aliphatic rings. The molecular formula is C12H12N2O2S. The summed E-state index contributed by atoms with van der Waals surface area (Å²) in [6.45, 7) is 2.05. The molecule has 5 heteroatoms.